The van der Waals surface area contributed by atoms with Crippen LogP contribution in [0.3, 0.4) is 0 Å². The van der Waals surface area contributed by atoms with Gasteiger partial charge in [0, 0.05) is 18.8 Å². The quantitative estimate of drug-likeness (QED) is 0.640. The lowest BCUT2D eigenvalue weighted by atomic mass is 9.91. The van der Waals surface area contributed by atoms with Crippen molar-refractivity contribution < 1.29 is 0 Å². The van der Waals surface area contributed by atoms with E-state index in [2.05, 4.69) is 43.4 Å². The fourth-order valence-electron chi connectivity index (χ4n) is 2.58. The van der Waals surface area contributed by atoms with E-state index in [0.717, 1.165) is 5.56 Å². The lowest BCUT2D eigenvalue weighted by Crippen LogP contribution is -2.29. The molecule has 0 amide bonds. The number of aryl methyl sites for hydroxylation is 4. The molecule has 1 unspecified atom stereocenters. The van der Waals surface area contributed by atoms with Crippen LogP contribution in [-0.2, 0) is 7.05 Å². The summed E-state index contributed by atoms with van der Waals surface area (Å²) in [6.07, 6.45) is 3.84. The standard InChI is InChI=1S/C14H20N4/c1-9-5-10(2)13(11(3)6-9)14(17-15)12-7-16-18(4)8-12/h5-8,14,17H,15H2,1-4H3. The molecular formula is C14H20N4. The van der Waals surface area contributed by atoms with E-state index < -0.39 is 0 Å². The van der Waals surface area contributed by atoms with Gasteiger partial charge in [0.15, 0.2) is 0 Å². The smallest absolute Gasteiger partial charge is 0.0745 e. The number of aromatic nitrogens is 2. The zero-order valence-electron chi connectivity index (χ0n) is 11.4. The summed E-state index contributed by atoms with van der Waals surface area (Å²) in [6, 6.07) is 4.35. The van der Waals surface area contributed by atoms with E-state index in [1.165, 1.54) is 22.3 Å². The van der Waals surface area contributed by atoms with E-state index in [-0.39, 0.29) is 6.04 Å². The first-order chi connectivity index (χ1) is 8.52. The van der Waals surface area contributed by atoms with Crippen molar-refractivity contribution in [3.05, 3.63) is 52.3 Å². The Balaban J connectivity index is 2.51. The fraction of sp³-hybridized carbons (Fsp3) is 0.357. The Labute approximate surface area is 108 Å². The number of nitrogens with two attached hydrogens (primary N) is 1. The molecule has 1 aromatic heterocycles. The summed E-state index contributed by atoms with van der Waals surface area (Å²) < 4.78 is 1.79. The molecule has 0 fully saturated rings. The summed E-state index contributed by atoms with van der Waals surface area (Å²) in [7, 11) is 1.91. The number of rotatable bonds is 3. The molecule has 0 aliphatic heterocycles. The summed E-state index contributed by atoms with van der Waals surface area (Å²) >= 11 is 0. The first kappa shape index (κ1) is 12.8. The number of benzene rings is 1. The third kappa shape index (κ3) is 2.30. The maximum Gasteiger partial charge on any atom is 0.0745 e. The van der Waals surface area contributed by atoms with Gasteiger partial charge >= 0.3 is 0 Å². The second-order valence-electron chi connectivity index (χ2n) is 4.86. The summed E-state index contributed by atoms with van der Waals surface area (Å²) in [5.74, 6) is 5.73. The van der Waals surface area contributed by atoms with Crippen LogP contribution >= 0.6 is 0 Å². The lowest BCUT2D eigenvalue weighted by molar-refractivity contribution is 0.629. The number of nitrogens with one attached hydrogen (secondary N) is 1. The summed E-state index contributed by atoms with van der Waals surface area (Å²) in [5.41, 5.74) is 8.98. The first-order valence-corrected chi connectivity index (χ1v) is 6.05. The molecule has 2 rings (SSSR count). The Hall–Kier alpha value is -1.65. The van der Waals surface area contributed by atoms with Crippen LogP contribution in [0.5, 0.6) is 0 Å². The van der Waals surface area contributed by atoms with E-state index >= 15 is 0 Å². The van der Waals surface area contributed by atoms with Crippen LogP contribution in [0.15, 0.2) is 24.5 Å². The van der Waals surface area contributed by atoms with Crippen LogP contribution < -0.4 is 11.3 Å². The van der Waals surface area contributed by atoms with Crippen LogP contribution in [0, 0.1) is 20.8 Å². The van der Waals surface area contributed by atoms with E-state index in [4.69, 9.17) is 5.84 Å². The van der Waals surface area contributed by atoms with Crippen LogP contribution in [0.25, 0.3) is 0 Å². The van der Waals surface area contributed by atoms with Gasteiger partial charge in [-0.1, -0.05) is 17.7 Å². The Morgan fingerprint density at radius 1 is 1.22 bits per heavy atom. The predicted molar refractivity (Wildman–Crippen MR) is 73.0 cm³/mol. The molecule has 4 nitrogen and oxygen atoms in total. The highest BCUT2D eigenvalue weighted by Crippen LogP contribution is 2.27. The van der Waals surface area contributed by atoms with Crippen molar-refractivity contribution in [2.75, 3.05) is 0 Å². The minimum absolute atomic E-state index is 0.0145. The normalized spacial score (nSPS) is 12.7. The van der Waals surface area contributed by atoms with Gasteiger partial charge in [-0.05, 0) is 37.5 Å². The third-order valence-electron chi connectivity index (χ3n) is 3.25. The van der Waals surface area contributed by atoms with Gasteiger partial charge in [-0.15, -0.1) is 0 Å². The molecule has 0 saturated carbocycles. The van der Waals surface area contributed by atoms with Crippen LogP contribution in [-0.4, -0.2) is 9.78 Å². The Bertz CT molecular complexity index is 534. The molecule has 0 bridgehead atoms. The van der Waals surface area contributed by atoms with Crippen molar-refractivity contribution >= 4 is 0 Å². The molecule has 1 atom stereocenters. The van der Waals surface area contributed by atoms with Crippen molar-refractivity contribution in [1.82, 2.24) is 15.2 Å². The van der Waals surface area contributed by atoms with Crippen molar-refractivity contribution in [1.29, 1.82) is 0 Å². The minimum Gasteiger partial charge on any atom is -0.275 e. The van der Waals surface area contributed by atoms with Crippen molar-refractivity contribution in [2.24, 2.45) is 12.9 Å². The molecule has 1 aromatic carbocycles. The maximum absolute atomic E-state index is 5.73. The number of hydrogen-bond donors (Lipinski definition) is 2. The molecule has 96 valence electrons. The molecule has 2 aromatic rings. The zero-order valence-corrected chi connectivity index (χ0v) is 11.4. The number of hydrazine groups is 1. The van der Waals surface area contributed by atoms with Crippen LogP contribution in [0.1, 0.15) is 33.9 Å². The van der Waals surface area contributed by atoms with Gasteiger partial charge in [0.1, 0.15) is 0 Å². The Morgan fingerprint density at radius 3 is 2.28 bits per heavy atom. The molecular weight excluding hydrogens is 224 g/mol. The van der Waals surface area contributed by atoms with Gasteiger partial charge in [-0.2, -0.15) is 5.10 Å². The summed E-state index contributed by atoms with van der Waals surface area (Å²) in [5, 5.41) is 4.21. The number of nitrogens with zero attached hydrogens (tertiary/aromatic N) is 2. The SMILES string of the molecule is Cc1cc(C)c(C(NN)c2cnn(C)c2)c(C)c1. The molecule has 1 heterocycles. The molecule has 3 N–H and O–H groups in total. The van der Waals surface area contributed by atoms with Gasteiger partial charge < -0.3 is 0 Å². The first-order valence-electron chi connectivity index (χ1n) is 6.05. The Kier molecular flexibility index (Phi) is 3.50. The van der Waals surface area contributed by atoms with E-state index in [1.54, 1.807) is 4.68 Å². The largest absolute Gasteiger partial charge is 0.275 e. The highest BCUT2D eigenvalue weighted by Gasteiger charge is 2.18. The van der Waals surface area contributed by atoms with E-state index in [1.807, 2.05) is 19.4 Å². The number of hydrogen-bond acceptors (Lipinski definition) is 3. The molecule has 0 aliphatic rings. The van der Waals surface area contributed by atoms with E-state index in [9.17, 15) is 0 Å². The molecule has 0 aliphatic carbocycles. The van der Waals surface area contributed by atoms with E-state index in [0.29, 0.717) is 0 Å². The van der Waals surface area contributed by atoms with Crippen LogP contribution in [0.4, 0.5) is 0 Å². The average molecular weight is 244 g/mol. The van der Waals surface area contributed by atoms with Crippen molar-refractivity contribution in [3.8, 4) is 0 Å². The predicted octanol–water partition coefficient (Wildman–Crippen LogP) is 1.90. The lowest BCUT2D eigenvalue weighted by Gasteiger charge is -2.20. The average Bonchev–Trinajstić information content (AvgIpc) is 2.69. The zero-order chi connectivity index (χ0) is 13.3. The summed E-state index contributed by atoms with van der Waals surface area (Å²) in [4.78, 5) is 0. The van der Waals surface area contributed by atoms with Crippen molar-refractivity contribution in [2.45, 2.75) is 26.8 Å². The van der Waals surface area contributed by atoms with Gasteiger partial charge in [0.2, 0.25) is 0 Å². The molecule has 0 saturated heterocycles. The highest BCUT2D eigenvalue weighted by atomic mass is 15.3. The molecule has 18 heavy (non-hydrogen) atoms. The van der Waals surface area contributed by atoms with Crippen molar-refractivity contribution in [3.63, 3.8) is 0 Å². The topological polar surface area (TPSA) is 55.9 Å². The second-order valence-corrected chi connectivity index (χ2v) is 4.86. The molecule has 0 radical (unpaired) electrons. The summed E-state index contributed by atoms with van der Waals surface area (Å²) in [6.45, 7) is 6.35. The van der Waals surface area contributed by atoms with Gasteiger partial charge in [-0.25, -0.2) is 5.43 Å². The minimum atomic E-state index is -0.0145. The fourth-order valence-corrected chi connectivity index (χ4v) is 2.58. The van der Waals surface area contributed by atoms with Gasteiger partial charge in [0.05, 0.1) is 12.2 Å². The Morgan fingerprint density at radius 2 is 1.83 bits per heavy atom. The van der Waals surface area contributed by atoms with Crippen LogP contribution in [0.2, 0.25) is 0 Å². The monoisotopic (exact) mass is 244 g/mol. The molecule has 0 spiro atoms. The highest BCUT2D eigenvalue weighted by molar-refractivity contribution is 5.43. The maximum atomic E-state index is 5.73. The third-order valence-corrected chi connectivity index (χ3v) is 3.25. The van der Waals surface area contributed by atoms with Gasteiger partial charge in [0.25, 0.3) is 0 Å². The van der Waals surface area contributed by atoms with Gasteiger partial charge in [-0.3, -0.25) is 10.5 Å². The second kappa shape index (κ2) is 4.92. The molecule has 4 heteroatoms.